The highest BCUT2D eigenvalue weighted by Crippen LogP contribution is 2.54. The number of aryl methyl sites for hydroxylation is 3. The standard InChI is InChI=1S/C73H56N2O2/c1-41(2)62-39-66(74(48-35-43(5)33-44(6)36-48)64-27-15-25-58-56-23-13-21-51(70(56)76-72(58)64)46-17-9-8-10-18-46)60-31-29-54-63(42(3)4)40-67(61-32-30-53(62)68(60)69(54)61)75-49-37-45(7)34-47(38-49)50-19-11-12-20-52(50)55-22-14-24-57-59-26-16-28-65(75)73(59)77-71(55)57/h8-42H,1-7H3. The molecule has 77 heavy (non-hydrogen) atoms. The predicted octanol–water partition coefficient (Wildman–Crippen LogP) is 21.8. The summed E-state index contributed by atoms with van der Waals surface area (Å²) in [5.74, 6) is 0.433. The van der Waals surface area contributed by atoms with E-state index in [9.17, 15) is 0 Å². The minimum Gasteiger partial charge on any atom is -0.453 e. The van der Waals surface area contributed by atoms with Gasteiger partial charge in [-0.25, -0.2) is 0 Å². The first-order valence-electron chi connectivity index (χ1n) is 27.2. The molecule has 3 heterocycles. The summed E-state index contributed by atoms with van der Waals surface area (Å²) in [5, 5.41) is 11.9. The molecule has 0 fully saturated rings. The zero-order chi connectivity index (χ0) is 52.0. The van der Waals surface area contributed by atoms with Crippen LogP contribution in [0, 0.1) is 20.8 Å². The Balaban J connectivity index is 1.06. The van der Waals surface area contributed by atoms with Gasteiger partial charge < -0.3 is 18.6 Å². The molecule has 0 atom stereocenters. The van der Waals surface area contributed by atoms with Crippen LogP contribution in [-0.4, -0.2) is 0 Å². The zero-order valence-corrected chi connectivity index (χ0v) is 44.4. The minimum atomic E-state index is 0.217. The second-order valence-corrected chi connectivity index (χ2v) is 22.2. The highest BCUT2D eigenvalue weighted by Gasteiger charge is 2.30. The fraction of sp³-hybridized carbons (Fsp3) is 0.123. The maximum absolute atomic E-state index is 7.28. The summed E-state index contributed by atoms with van der Waals surface area (Å²) in [6.45, 7) is 16.0. The van der Waals surface area contributed by atoms with Gasteiger partial charge in [0, 0.05) is 54.8 Å². The zero-order valence-electron chi connectivity index (χ0n) is 44.4. The number of nitrogens with zero attached hydrogens (tertiary/aromatic N) is 2. The van der Waals surface area contributed by atoms with Crippen molar-refractivity contribution in [3.63, 3.8) is 0 Å². The molecule has 0 unspecified atom stereocenters. The largest absolute Gasteiger partial charge is 0.453 e. The Bertz CT molecular complexity index is 4720. The summed E-state index contributed by atoms with van der Waals surface area (Å²) in [6, 6.07) is 74.5. The third kappa shape index (κ3) is 6.77. The lowest BCUT2D eigenvalue weighted by Crippen LogP contribution is -2.14. The molecule has 1 aliphatic heterocycles. The lowest BCUT2D eigenvalue weighted by atomic mass is 9.84. The smallest absolute Gasteiger partial charge is 0.159 e. The van der Waals surface area contributed by atoms with Crippen molar-refractivity contribution in [3.05, 3.63) is 228 Å². The highest BCUT2D eigenvalue weighted by molar-refractivity contribution is 6.30. The maximum Gasteiger partial charge on any atom is 0.159 e. The van der Waals surface area contributed by atoms with Crippen molar-refractivity contribution in [2.45, 2.75) is 60.3 Å². The van der Waals surface area contributed by atoms with Gasteiger partial charge in [0.05, 0.1) is 22.7 Å². The molecule has 14 aromatic rings. The molecule has 0 saturated carbocycles. The molecule has 0 aliphatic carbocycles. The molecular weight excluding hydrogens is 937 g/mol. The van der Waals surface area contributed by atoms with Crippen molar-refractivity contribution < 1.29 is 8.83 Å². The van der Waals surface area contributed by atoms with Crippen molar-refractivity contribution >= 4 is 110 Å². The molecule has 0 amide bonds. The number of hydrogen-bond acceptors (Lipinski definition) is 4. The van der Waals surface area contributed by atoms with Crippen LogP contribution in [0.2, 0.25) is 0 Å². The van der Waals surface area contributed by atoms with E-state index in [0.717, 1.165) is 100 Å². The van der Waals surface area contributed by atoms with Crippen LogP contribution >= 0.6 is 0 Å². The molecule has 370 valence electrons. The van der Waals surface area contributed by atoms with E-state index < -0.39 is 0 Å². The van der Waals surface area contributed by atoms with Crippen LogP contribution in [0.15, 0.2) is 209 Å². The molecule has 0 N–H and O–H groups in total. The number of fused-ring (bicyclic) bond motifs is 9. The SMILES string of the molecule is Cc1cc(C)cc(N(c2cc(C(C)C)c3ccc4c(N5c6cc(C)cc(c6)-c6ccccc6-c6cccc7c6oc6c5cccc67)cc(C(C)C)c5ccc2c3c54)c2cccc3c2oc2c(-c4ccccc4)cccc23)c1. The fourth-order valence-corrected chi connectivity index (χ4v) is 13.3. The van der Waals surface area contributed by atoms with Crippen LogP contribution in [0.1, 0.15) is 67.3 Å². The number of benzene rings is 12. The summed E-state index contributed by atoms with van der Waals surface area (Å²) >= 11 is 0. The molecular formula is C73H56N2O2. The Labute approximate surface area is 448 Å². The Morgan fingerprint density at radius 1 is 0.351 bits per heavy atom. The van der Waals surface area contributed by atoms with E-state index in [2.05, 4.69) is 258 Å². The first kappa shape index (κ1) is 45.3. The first-order chi connectivity index (χ1) is 37.6. The Kier molecular flexibility index (Phi) is 9.97. The molecule has 0 spiro atoms. The molecule has 15 rings (SSSR count). The average Bonchev–Trinajstić information content (AvgIpc) is 4.10. The van der Waals surface area contributed by atoms with Gasteiger partial charge in [0.2, 0.25) is 0 Å². The first-order valence-corrected chi connectivity index (χ1v) is 27.2. The van der Waals surface area contributed by atoms with E-state index in [0.29, 0.717) is 0 Å². The Morgan fingerprint density at radius 3 is 1.62 bits per heavy atom. The molecule has 4 heteroatoms. The van der Waals surface area contributed by atoms with E-state index >= 15 is 0 Å². The maximum atomic E-state index is 7.28. The van der Waals surface area contributed by atoms with Crippen molar-refractivity contribution in [2.75, 3.05) is 9.80 Å². The van der Waals surface area contributed by atoms with Gasteiger partial charge in [-0.3, -0.25) is 0 Å². The van der Waals surface area contributed by atoms with Crippen LogP contribution in [0.3, 0.4) is 0 Å². The normalized spacial score (nSPS) is 12.6. The van der Waals surface area contributed by atoms with Crippen molar-refractivity contribution in [1.29, 1.82) is 0 Å². The van der Waals surface area contributed by atoms with E-state index in [1.165, 1.54) is 71.3 Å². The van der Waals surface area contributed by atoms with Gasteiger partial charge in [-0.15, -0.1) is 0 Å². The van der Waals surface area contributed by atoms with Gasteiger partial charge in [-0.1, -0.05) is 179 Å². The molecule has 12 aromatic carbocycles. The summed E-state index contributed by atoms with van der Waals surface area (Å²) < 4.78 is 14.5. The lowest BCUT2D eigenvalue weighted by molar-refractivity contribution is 0.670. The molecule has 0 radical (unpaired) electrons. The molecule has 1 aliphatic rings. The molecule has 0 saturated heterocycles. The number of hydrogen-bond donors (Lipinski definition) is 0. The van der Waals surface area contributed by atoms with Crippen LogP contribution in [0.5, 0.6) is 0 Å². The molecule has 2 aromatic heterocycles. The van der Waals surface area contributed by atoms with Gasteiger partial charge in [0.15, 0.2) is 11.2 Å². The van der Waals surface area contributed by atoms with Gasteiger partial charge in [-0.2, -0.15) is 0 Å². The third-order valence-electron chi connectivity index (χ3n) is 16.5. The lowest BCUT2D eigenvalue weighted by Gasteiger charge is -2.32. The van der Waals surface area contributed by atoms with E-state index in [1.807, 2.05) is 0 Å². The number of anilines is 6. The topological polar surface area (TPSA) is 32.8 Å². The number of rotatable bonds is 7. The van der Waals surface area contributed by atoms with Crippen molar-refractivity contribution in [2.24, 2.45) is 0 Å². The van der Waals surface area contributed by atoms with Crippen LogP contribution in [0.25, 0.3) is 110 Å². The monoisotopic (exact) mass is 992 g/mol. The fourth-order valence-electron chi connectivity index (χ4n) is 13.3. The Hall–Kier alpha value is -9.12. The van der Waals surface area contributed by atoms with E-state index in [-0.39, 0.29) is 11.8 Å². The van der Waals surface area contributed by atoms with Crippen molar-refractivity contribution in [3.8, 4) is 33.4 Å². The quantitative estimate of drug-likeness (QED) is 0.149. The van der Waals surface area contributed by atoms with Gasteiger partial charge in [0.1, 0.15) is 11.2 Å². The summed E-state index contributed by atoms with van der Waals surface area (Å²) in [7, 11) is 0. The molecule has 4 nitrogen and oxygen atoms in total. The minimum absolute atomic E-state index is 0.217. The summed E-state index contributed by atoms with van der Waals surface area (Å²) in [5.41, 5.74) is 23.0. The van der Waals surface area contributed by atoms with Gasteiger partial charge >= 0.3 is 0 Å². The van der Waals surface area contributed by atoms with Crippen molar-refractivity contribution in [1.82, 2.24) is 0 Å². The highest BCUT2D eigenvalue weighted by atomic mass is 16.3. The Morgan fingerprint density at radius 2 is 0.896 bits per heavy atom. The number of para-hydroxylation sites is 4. The van der Waals surface area contributed by atoms with Gasteiger partial charge in [0.25, 0.3) is 0 Å². The summed E-state index contributed by atoms with van der Waals surface area (Å²) in [4.78, 5) is 5.00. The average molecular weight is 993 g/mol. The van der Waals surface area contributed by atoms with Crippen LogP contribution < -0.4 is 9.80 Å². The van der Waals surface area contributed by atoms with E-state index in [4.69, 9.17) is 8.83 Å². The predicted molar refractivity (Wildman–Crippen MR) is 326 cm³/mol. The second-order valence-electron chi connectivity index (χ2n) is 22.2. The number of furan rings is 2. The van der Waals surface area contributed by atoms with E-state index in [1.54, 1.807) is 0 Å². The van der Waals surface area contributed by atoms with Crippen LogP contribution in [-0.2, 0) is 0 Å². The second kappa shape index (κ2) is 16.9. The van der Waals surface area contributed by atoms with Gasteiger partial charge in [-0.05, 0) is 153 Å². The van der Waals surface area contributed by atoms with Crippen LogP contribution in [0.4, 0.5) is 34.1 Å². The summed E-state index contributed by atoms with van der Waals surface area (Å²) in [6.07, 6.45) is 0. The molecule has 4 bridgehead atoms. The third-order valence-corrected chi connectivity index (χ3v) is 16.5.